The van der Waals surface area contributed by atoms with Crippen LogP contribution in [0.1, 0.15) is 0 Å². The number of fused-ring (bicyclic) bond motifs is 8. The molecule has 0 saturated heterocycles. The molecule has 182 valence electrons. The van der Waals surface area contributed by atoms with Gasteiger partial charge in [0.25, 0.3) is 0 Å². The number of rotatable bonds is 2. The van der Waals surface area contributed by atoms with Gasteiger partial charge in [-0.2, -0.15) is 0 Å². The van der Waals surface area contributed by atoms with Crippen molar-refractivity contribution in [1.29, 1.82) is 0 Å². The zero-order valence-corrected chi connectivity index (χ0v) is 21.7. The van der Waals surface area contributed by atoms with Crippen molar-refractivity contribution in [3.05, 3.63) is 127 Å². The van der Waals surface area contributed by atoms with Crippen molar-refractivity contribution in [3.8, 4) is 11.6 Å². The Kier molecular flexibility index (Phi) is 4.21. The summed E-state index contributed by atoms with van der Waals surface area (Å²) >= 11 is 1.86. The van der Waals surface area contributed by atoms with E-state index in [0.29, 0.717) is 0 Å². The van der Waals surface area contributed by atoms with Crippen molar-refractivity contribution in [1.82, 2.24) is 14.1 Å². The molecule has 0 N–H and O–H groups in total. The molecule has 0 spiro atoms. The average molecular weight is 516 g/mol. The van der Waals surface area contributed by atoms with Gasteiger partial charge in [0.05, 0.1) is 22.1 Å². The standard InChI is InChI=1S/C35H21N3S/c1-2-10-23-19-24(18-17-22(23)9-1)37-31-15-7-5-13-29(31)36-35(37)38-30-14-6-3-11-25(30)27-21-34-28(20-32(27)38)26-12-4-8-16-33(26)39-34/h1-21H. The Labute approximate surface area is 227 Å². The van der Waals surface area contributed by atoms with Crippen molar-refractivity contribution in [2.24, 2.45) is 0 Å². The first-order chi connectivity index (χ1) is 19.3. The van der Waals surface area contributed by atoms with Crippen LogP contribution < -0.4 is 0 Å². The van der Waals surface area contributed by atoms with E-state index >= 15 is 0 Å². The molecule has 3 nitrogen and oxygen atoms in total. The lowest BCUT2D eigenvalue weighted by atomic mass is 10.1. The summed E-state index contributed by atoms with van der Waals surface area (Å²) in [7, 11) is 0. The second kappa shape index (κ2) is 7.79. The molecule has 6 aromatic carbocycles. The molecule has 0 saturated carbocycles. The van der Waals surface area contributed by atoms with Crippen LogP contribution in [0.15, 0.2) is 127 Å². The van der Waals surface area contributed by atoms with Crippen LogP contribution in [0.25, 0.3) is 75.4 Å². The first-order valence-corrected chi connectivity index (χ1v) is 14.0. The van der Waals surface area contributed by atoms with Gasteiger partial charge in [0.15, 0.2) is 0 Å². The van der Waals surface area contributed by atoms with E-state index in [2.05, 4.69) is 137 Å². The first-order valence-electron chi connectivity index (χ1n) is 13.1. The van der Waals surface area contributed by atoms with E-state index in [1.807, 2.05) is 11.3 Å². The Hall–Kier alpha value is -4.93. The van der Waals surface area contributed by atoms with E-state index < -0.39 is 0 Å². The Bertz CT molecular complexity index is 2400. The van der Waals surface area contributed by atoms with Gasteiger partial charge in [-0.05, 0) is 59.3 Å². The molecule has 0 bridgehead atoms. The molecule has 9 rings (SSSR count). The molecule has 0 aliphatic rings. The lowest BCUT2D eigenvalue weighted by molar-refractivity contribution is 0.957. The number of hydrogen-bond donors (Lipinski definition) is 0. The molecule has 0 radical (unpaired) electrons. The van der Waals surface area contributed by atoms with Gasteiger partial charge in [-0.1, -0.05) is 78.9 Å². The van der Waals surface area contributed by atoms with Crippen molar-refractivity contribution in [3.63, 3.8) is 0 Å². The minimum Gasteiger partial charge on any atom is -0.279 e. The van der Waals surface area contributed by atoms with Crippen LogP contribution in [-0.2, 0) is 0 Å². The van der Waals surface area contributed by atoms with E-state index in [1.165, 1.54) is 47.2 Å². The van der Waals surface area contributed by atoms with Crippen LogP contribution >= 0.6 is 11.3 Å². The predicted molar refractivity (Wildman–Crippen MR) is 166 cm³/mol. The fourth-order valence-electron chi connectivity index (χ4n) is 6.14. The monoisotopic (exact) mass is 515 g/mol. The molecular formula is C35H21N3S. The minimum absolute atomic E-state index is 0.900. The Balaban J connectivity index is 1.45. The summed E-state index contributed by atoms with van der Waals surface area (Å²) < 4.78 is 7.30. The molecular weight excluding hydrogens is 494 g/mol. The second-order valence-corrected chi connectivity index (χ2v) is 11.2. The molecule has 0 amide bonds. The highest BCUT2D eigenvalue weighted by molar-refractivity contribution is 7.25. The molecule has 39 heavy (non-hydrogen) atoms. The quantitative estimate of drug-likeness (QED) is 0.225. The van der Waals surface area contributed by atoms with Crippen molar-refractivity contribution in [2.45, 2.75) is 0 Å². The summed E-state index contributed by atoms with van der Waals surface area (Å²) in [6, 6.07) is 45.8. The third-order valence-corrected chi connectivity index (χ3v) is 9.04. The maximum atomic E-state index is 5.27. The van der Waals surface area contributed by atoms with Crippen LogP contribution in [-0.4, -0.2) is 14.1 Å². The van der Waals surface area contributed by atoms with Crippen molar-refractivity contribution < 1.29 is 0 Å². The lowest BCUT2D eigenvalue weighted by Gasteiger charge is -2.13. The number of hydrogen-bond acceptors (Lipinski definition) is 2. The van der Waals surface area contributed by atoms with Gasteiger partial charge in [0.1, 0.15) is 0 Å². The number of para-hydroxylation sites is 3. The third-order valence-electron chi connectivity index (χ3n) is 7.91. The average Bonchev–Trinajstić information content (AvgIpc) is 3.64. The first kappa shape index (κ1) is 21.1. The van der Waals surface area contributed by atoms with Crippen LogP contribution in [0.3, 0.4) is 0 Å². The highest BCUT2D eigenvalue weighted by Crippen LogP contribution is 2.41. The van der Waals surface area contributed by atoms with E-state index in [-0.39, 0.29) is 0 Å². The molecule has 0 atom stereocenters. The van der Waals surface area contributed by atoms with Crippen molar-refractivity contribution >= 4 is 75.1 Å². The highest BCUT2D eigenvalue weighted by Gasteiger charge is 2.21. The smallest absolute Gasteiger partial charge is 0.220 e. The van der Waals surface area contributed by atoms with Gasteiger partial charge in [-0.3, -0.25) is 9.13 Å². The lowest BCUT2D eigenvalue weighted by Crippen LogP contribution is -2.05. The second-order valence-electron chi connectivity index (χ2n) is 10.1. The van der Waals surface area contributed by atoms with Gasteiger partial charge in [-0.25, -0.2) is 4.98 Å². The zero-order chi connectivity index (χ0) is 25.5. The Morgan fingerprint density at radius 2 is 1.21 bits per heavy atom. The summed E-state index contributed by atoms with van der Waals surface area (Å²) in [5.74, 6) is 0.900. The maximum Gasteiger partial charge on any atom is 0.220 e. The number of nitrogens with zero attached hydrogens (tertiary/aromatic N) is 3. The van der Waals surface area contributed by atoms with Crippen LogP contribution in [0.4, 0.5) is 0 Å². The van der Waals surface area contributed by atoms with Gasteiger partial charge in [-0.15, -0.1) is 11.3 Å². The molecule has 0 aliphatic carbocycles. The summed E-state index contributed by atoms with van der Waals surface area (Å²) in [5, 5.41) is 7.54. The fourth-order valence-corrected chi connectivity index (χ4v) is 7.26. The normalized spacial score (nSPS) is 12.1. The molecule has 0 fully saturated rings. The summed E-state index contributed by atoms with van der Waals surface area (Å²) in [6.45, 7) is 0. The molecule has 0 aliphatic heterocycles. The van der Waals surface area contributed by atoms with E-state index in [1.54, 1.807) is 0 Å². The van der Waals surface area contributed by atoms with Gasteiger partial charge >= 0.3 is 0 Å². The Morgan fingerprint density at radius 3 is 2.13 bits per heavy atom. The number of imidazole rings is 1. The Morgan fingerprint density at radius 1 is 0.462 bits per heavy atom. The highest BCUT2D eigenvalue weighted by atomic mass is 32.1. The number of benzene rings is 6. The number of aromatic nitrogens is 3. The molecule has 4 heteroatoms. The van der Waals surface area contributed by atoms with E-state index in [4.69, 9.17) is 4.98 Å². The summed E-state index contributed by atoms with van der Waals surface area (Å²) in [4.78, 5) is 5.27. The van der Waals surface area contributed by atoms with Gasteiger partial charge in [0.2, 0.25) is 5.95 Å². The predicted octanol–water partition coefficient (Wildman–Crippen LogP) is 9.64. The van der Waals surface area contributed by atoms with Gasteiger partial charge in [0, 0.05) is 36.6 Å². The van der Waals surface area contributed by atoms with E-state index in [0.717, 1.165) is 28.2 Å². The van der Waals surface area contributed by atoms with Crippen LogP contribution in [0, 0.1) is 0 Å². The maximum absolute atomic E-state index is 5.27. The van der Waals surface area contributed by atoms with Gasteiger partial charge < -0.3 is 0 Å². The SMILES string of the molecule is c1ccc2cc(-n3c(-n4c5ccccc5c5cc6sc7ccccc7c6cc54)nc4ccccc43)ccc2c1. The molecule has 0 unspecified atom stereocenters. The molecule has 9 aromatic rings. The van der Waals surface area contributed by atoms with Crippen LogP contribution in [0.2, 0.25) is 0 Å². The van der Waals surface area contributed by atoms with E-state index in [9.17, 15) is 0 Å². The largest absolute Gasteiger partial charge is 0.279 e. The third kappa shape index (κ3) is 2.95. The topological polar surface area (TPSA) is 22.8 Å². The van der Waals surface area contributed by atoms with Crippen LogP contribution in [0.5, 0.6) is 0 Å². The number of thiophene rings is 1. The fraction of sp³-hybridized carbons (Fsp3) is 0. The zero-order valence-electron chi connectivity index (χ0n) is 20.9. The summed E-state index contributed by atoms with van der Waals surface area (Å²) in [6.07, 6.45) is 0. The summed E-state index contributed by atoms with van der Waals surface area (Å²) in [5.41, 5.74) is 5.51. The van der Waals surface area contributed by atoms with Crippen molar-refractivity contribution in [2.75, 3.05) is 0 Å². The minimum atomic E-state index is 0.900. The molecule has 3 heterocycles. The molecule has 3 aromatic heterocycles.